The topological polar surface area (TPSA) is 83.3 Å². The van der Waals surface area contributed by atoms with Gasteiger partial charge in [-0.3, -0.25) is 4.79 Å². The van der Waals surface area contributed by atoms with Gasteiger partial charge in [-0.15, -0.1) is 0 Å². The van der Waals surface area contributed by atoms with E-state index in [0.29, 0.717) is 11.6 Å². The largest absolute Gasteiger partial charge is 0.481 e. The average Bonchev–Trinajstić information content (AvgIpc) is 2.47. The van der Waals surface area contributed by atoms with Crippen LogP contribution < -0.4 is 0 Å². The summed E-state index contributed by atoms with van der Waals surface area (Å²) in [5.41, 5.74) is 0. The first-order chi connectivity index (χ1) is 6.58. The molecule has 0 bridgehead atoms. The van der Waals surface area contributed by atoms with Gasteiger partial charge in [-0.1, -0.05) is 11.8 Å². The van der Waals surface area contributed by atoms with Gasteiger partial charge in [0, 0.05) is 5.75 Å². The standard InChI is InChI=1S/C7H10N2O3S2/c1-4-8-7(14-9-4)13-3-5(10)2-6(11)12/h5,10H,2-3H2,1H3,(H,11,12). The molecule has 1 rings (SSSR count). The van der Waals surface area contributed by atoms with Crippen LogP contribution in [0.5, 0.6) is 0 Å². The number of nitrogens with zero attached hydrogens (tertiary/aromatic N) is 2. The van der Waals surface area contributed by atoms with Gasteiger partial charge in [-0.25, -0.2) is 4.98 Å². The summed E-state index contributed by atoms with van der Waals surface area (Å²) in [6.07, 6.45) is -1.06. The molecule has 1 aromatic rings. The molecule has 0 spiro atoms. The highest BCUT2D eigenvalue weighted by molar-refractivity contribution is 8.00. The third-order valence-electron chi connectivity index (χ3n) is 1.32. The Morgan fingerprint density at radius 1 is 1.71 bits per heavy atom. The first-order valence-corrected chi connectivity index (χ1v) is 5.67. The van der Waals surface area contributed by atoms with Crippen molar-refractivity contribution >= 4 is 29.3 Å². The predicted molar refractivity (Wildman–Crippen MR) is 53.6 cm³/mol. The highest BCUT2D eigenvalue weighted by Gasteiger charge is 2.11. The van der Waals surface area contributed by atoms with Crippen LogP contribution in [0.25, 0.3) is 0 Å². The zero-order chi connectivity index (χ0) is 10.6. The minimum absolute atomic E-state index is 0.231. The number of hydrogen-bond donors (Lipinski definition) is 2. The number of aromatic nitrogens is 2. The van der Waals surface area contributed by atoms with Crippen molar-refractivity contribution < 1.29 is 15.0 Å². The van der Waals surface area contributed by atoms with Gasteiger partial charge in [0.15, 0.2) is 4.34 Å². The van der Waals surface area contributed by atoms with E-state index in [1.165, 1.54) is 23.3 Å². The maximum absolute atomic E-state index is 10.2. The number of hydrogen-bond acceptors (Lipinski definition) is 6. The Hall–Kier alpha value is -0.660. The Bertz CT molecular complexity index is 316. The van der Waals surface area contributed by atoms with Gasteiger partial charge < -0.3 is 10.2 Å². The number of aliphatic hydroxyl groups is 1. The Morgan fingerprint density at radius 2 is 2.43 bits per heavy atom. The normalized spacial score (nSPS) is 12.7. The van der Waals surface area contributed by atoms with Crippen molar-refractivity contribution in [3.05, 3.63) is 5.82 Å². The molecule has 0 aliphatic carbocycles. The lowest BCUT2D eigenvalue weighted by atomic mass is 10.3. The lowest BCUT2D eigenvalue weighted by Gasteiger charge is -2.04. The van der Waals surface area contributed by atoms with Crippen molar-refractivity contribution in [2.75, 3.05) is 5.75 Å². The minimum Gasteiger partial charge on any atom is -0.481 e. The van der Waals surface area contributed by atoms with Crippen molar-refractivity contribution in [2.24, 2.45) is 0 Å². The van der Waals surface area contributed by atoms with E-state index in [2.05, 4.69) is 9.36 Å². The molecule has 0 fully saturated rings. The Morgan fingerprint density at radius 3 is 2.93 bits per heavy atom. The van der Waals surface area contributed by atoms with Gasteiger partial charge in [-0.2, -0.15) is 4.37 Å². The van der Waals surface area contributed by atoms with Crippen LogP contribution in [0.2, 0.25) is 0 Å². The van der Waals surface area contributed by atoms with Crippen LogP contribution in [-0.2, 0) is 4.79 Å². The predicted octanol–water partition coefficient (Wildman–Crippen LogP) is 0.774. The SMILES string of the molecule is Cc1nsc(SCC(O)CC(=O)O)n1. The van der Waals surface area contributed by atoms with Crippen LogP contribution >= 0.6 is 23.3 Å². The van der Waals surface area contributed by atoms with Crippen molar-refractivity contribution in [1.29, 1.82) is 0 Å². The number of carboxylic acid groups (broad SMARTS) is 1. The number of carbonyl (C=O) groups is 1. The fourth-order valence-corrected chi connectivity index (χ4v) is 2.36. The molecule has 78 valence electrons. The summed E-state index contributed by atoms with van der Waals surface area (Å²) in [5.74, 6) is 0.0396. The quantitative estimate of drug-likeness (QED) is 0.732. The third kappa shape index (κ3) is 4.03. The van der Waals surface area contributed by atoms with Crippen LogP contribution in [0, 0.1) is 6.92 Å². The van der Waals surface area contributed by atoms with Gasteiger partial charge >= 0.3 is 5.97 Å². The second kappa shape index (κ2) is 5.28. The first-order valence-electron chi connectivity index (χ1n) is 3.91. The van der Waals surface area contributed by atoms with Crippen LogP contribution in [0.4, 0.5) is 0 Å². The lowest BCUT2D eigenvalue weighted by Crippen LogP contribution is -2.15. The summed E-state index contributed by atoms with van der Waals surface area (Å²) in [6.45, 7) is 1.79. The first kappa shape index (κ1) is 11.4. The van der Waals surface area contributed by atoms with E-state index in [1.54, 1.807) is 6.92 Å². The van der Waals surface area contributed by atoms with Gasteiger partial charge in [0.1, 0.15) is 5.82 Å². The highest BCUT2D eigenvalue weighted by Crippen LogP contribution is 2.21. The molecule has 0 aliphatic heterocycles. The monoisotopic (exact) mass is 234 g/mol. The van der Waals surface area contributed by atoms with Crippen LogP contribution in [0.15, 0.2) is 4.34 Å². The summed E-state index contributed by atoms with van der Waals surface area (Å²) in [6, 6.07) is 0. The van der Waals surface area contributed by atoms with Crippen molar-refractivity contribution in [1.82, 2.24) is 9.36 Å². The number of rotatable bonds is 5. The minimum atomic E-state index is -0.994. The summed E-state index contributed by atoms with van der Waals surface area (Å²) < 4.78 is 4.72. The number of aryl methyl sites for hydroxylation is 1. The second-order valence-electron chi connectivity index (χ2n) is 2.67. The Kier molecular flexibility index (Phi) is 4.30. The highest BCUT2D eigenvalue weighted by atomic mass is 32.2. The molecule has 7 heteroatoms. The summed E-state index contributed by atoms with van der Waals surface area (Å²) >= 11 is 2.58. The number of aliphatic hydroxyl groups excluding tert-OH is 1. The van der Waals surface area contributed by atoms with Crippen molar-refractivity contribution in [3.63, 3.8) is 0 Å². The van der Waals surface area contributed by atoms with Crippen molar-refractivity contribution in [3.8, 4) is 0 Å². The van der Waals surface area contributed by atoms with E-state index in [4.69, 9.17) is 5.11 Å². The average molecular weight is 234 g/mol. The van der Waals surface area contributed by atoms with E-state index in [0.717, 1.165) is 4.34 Å². The van der Waals surface area contributed by atoms with E-state index in [1.807, 2.05) is 0 Å². The van der Waals surface area contributed by atoms with Crippen LogP contribution in [0.3, 0.4) is 0 Å². The van der Waals surface area contributed by atoms with E-state index in [-0.39, 0.29) is 6.42 Å². The van der Waals surface area contributed by atoms with Gasteiger partial charge in [-0.05, 0) is 18.5 Å². The molecule has 0 aliphatic rings. The third-order valence-corrected chi connectivity index (χ3v) is 3.39. The fourth-order valence-electron chi connectivity index (χ4n) is 0.765. The van der Waals surface area contributed by atoms with E-state index >= 15 is 0 Å². The van der Waals surface area contributed by atoms with Crippen LogP contribution in [0.1, 0.15) is 12.2 Å². The lowest BCUT2D eigenvalue weighted by molar-refractivity contribution is -0.138. The van der Waals surface area contributed by atoms with Gasteiger partial charge in [0.25, 0.3) is 0 Å². The molecule has 0 saturated carbocycles. The van der Waals surface area contributed by atoms with Gasteiger partial charge in [0.2, 0.25) is 0 Å². The van der Waals surface area contributed by atoms with Gasteiger partial charge in [0.05, 0.1) is 12.5 Å². The molecule has 0 saturated heterocycles. The van der Waals surface area contributed by atoms with Crippen molar-refractivity contribution in [2.45, 2.75) is 23.8 Å². The fraction of sp³-hybridized carbons (Fsp3) is 0.571. The molecule has 1 heterocycles. The second-order valence-corrected chi connectivity index (χ2v) is 4.69. The van der Waals surface area contributed by atoms with Crippen LogP contribution in [-0.4, -0.2) is 37.4 Å². The van der Waals surface area contributed by atoms with E-state index in [9.17, 15) is 9.90 Å². The smallest absolute Gasteiger partial charge is 0.306 e. The molecule has 0 amide bonds. The number of thioether (sulfide) groups is 1. The Balaban J connectivity index is 2.30. The molecule has 14 heavy (non-hydrogen) atoms. The molecular weight excluding hydrogens is 224 g/mol. The molecule has 2 N–H and O–H groups in total. The molecule has 1 unspecified atom stereocenters. The van der Waals surface area contributed by atoms with E-state index < -0.39 is 12.1 Å². The number of aliphatic carboxylic acids is 1. The summed E-state index contributed by atoms with van der Waals surface area (Å²) in [5, 5.41) is 17.6. The summed E-state index contributed by atoms with van der Waals surface area (Å²) in [7, 11) is 0. The molecule has 5 nitrogen and oxygen atoms in total. The number of carboxylic acids is 1. The molecule has 1 aromatic heterocycles. The molecular formula is C7H10N2O3S2. The zero-order valence-corrected chi connectivity index (χ0v) is 9.14. The molecule has 1 atom stereocenters. The molecule has 0 aromatic carbocycles. The Labute approximate surface area is 89.3 Å². The molecule has 0 radical (unpaired) electrons. The zero-order valence-electron chi connectivity index (χ0n) is 7.51. The summed E-state index contributed by atoms with van der Waals surface area (Å²) in [4.78, 5) is 14.3. The maximum atomic E-state index is 10.2. The maximum Gasteiger partial charge on any atom is 0.306 e.